The van der Waals surface area contributed by atoms with Gasteiger partial charge in [0.1, 0.15) is 0 Å². The fraction of sp³-hybridized carbons (Fsp3) is 1.00. The van der Waals surface area contributed by atoms with Crippen molar-refractivity contribution in [3.8, 4) is 0 Å². The zero-order valence-corrected chi connectivity index (χ0v) is 9.50. The number of hydrogen-bond donors (Lipinski definition) is 2. The Morgan fingerprint density at radius 1 is 1.14 bits per heavy atom. The van der Waals surface area contributed by atoms with Crippen LogP contribution in [0.25, 0.3) is 0 Å². The molecule has 2 N–H and O–H groups in total. The van der Waals surface area contributed by atoms with Crippen LogP contribution in [0.2, 0.25) is 0 Å². The molecule has 1 rings (SSSR count). The van der Waals surface area contributed by atoms with Crippen molar-refractivity contribution < 1.29 is 10.2 Å². The normalized spacial score (nSPS) is 19.5. The van der Waals surface area contributed by atoms with Gasteiger partial charge in [-0.1, -0.05) is 39.5 Å². The fourth-order valence-corrected chi connectivity index (χ4v) is 2.57. The molecule has 0 aromatic heterocycles. The van der Waals surface area contributed by atoms with Crippen molar-refractivity contribution in [2.75, 3.05) is 13.2 Å². The molecule has 0 heterocycles. The Balaban J connectivity index is 2.57. The second kappa shape index (κ2) is 5.13. The third-order valence-electron chi connectivity index (χ3n) is 4.02. The van der Waals surface area contributed by atoms with Crippen molar-refractivity contribution in [1.82, 2.24) is 0 Å². The zero-order chi connectivity index (χ0) is 10.6. The van der Waals surface area contributed by atoms with E-state index in [1.807, 2.05) is 0 Å². The average molecular weight is 200 g/mol. The van der Waals surface area contributed by atoms with Gasteiger partial charge in [-0.3, -0.25) is 0 Å². The van der Waals surface area contributed by atoms with Crippen LogP contribution in [0.3, 0.4) is 0 Å². The minimum Gasteiger partial charge on any atom is -0.396 e. The molecule has 2 nitrogen and oxygen atoms in total. The van der Waals surface area contributed by atoms with Gasteiger partial charge in [0, 0.05) is 5.41 Å². The second-order valence-corrected chi connectivity index (χ2v) is 5.19. The highest BCUT2D eigenvalue weighted by atomic mass is 16.3. The van der Waals surface area contributed by atoms with Gasteiger partial charge in [-0.05, 0) is 18.3 Å². The molecule has 0 aromatic rings. The smallest absolute Gasteiger partial charge is 0.0511 e. The van der Waals surface area contributed by atoms with E-state index in [1.165, 1.54) is 25.7 Å². The zero-order valence-electron chi connectivity index (χ0n) is 9.50. The summed E-state index contributed by atoms with van der Waals surface area (Å²) in [5.41, 5.74) is -0.241. The molecule has 84 valence electrons. The van der Waals surface area contributed by atoms with Crippen LogP contribution >= 0.6 is 0 Å². The molecule has 2 heteroatoms. The summed E-state index contributed by atoms with van der Waals surface area (Å²) in [7, 11) is 0. The largest absolute Gasteiger partial charge is 0.396 e. The lowest BCUT2D eigenvalue weighted by atomic mass is 9.72. The SMILES string of the molecule is CC(C)C(CO)(CO)CC1CCCC1. The molecule has 0 amide bonds. The summed E-state index contributed by atoms with van der Waals surface area (Å²) in [4.78, 5) is 0. The van der Waals surface area contributed by atoms with E-state index in [4.69, 9.17) is 0 Å². The van der Waals surface area contributed by atoms with Gasteiger partial charge in [0.15, 0.2) is 0 Å². The lowest BCUT2D eigenvalue weighted by Gasteiger charge is -2.36. The third-order valence-corrected chi connectivity index (χ3v) is 4.02. The Labute approximate surface area is 87.3 Å². The highest BCUT2D eigenvalue weighted by Crippen LogP contribution is 2.39. The summed E-state index contributed by atoms with van der Waals surface area (Å²) < 4.78 is 0. The molecule has 0 aromatic carbocycles. The predicted molar refractivity (Wildman–Crippen MR) is 58.0 cm³/mol. The minimum absolute atomic E-state index is 0.123. The van der Waals surface area contributed by atoms with E-state index in [0.717, 1.165) is 12.3 Å². The van der Waals surface area contributed by atoms with Gasteiger partial charge in [0.2, 0.25) is 0 Å². The molecular weight excluding hydrogens is 176 g/mol. The maximum atomic E-state index is 9.45. The summed E-state index contributed by atoms with van der Waals surface area (Å²) in [5.74, 6) is 1.09. The monoisotopic (exact) mass is 200 g/mol. The van der Waals surface area contributed by atoms with Crippen molar-refractivity contribution in [2.45, 2.75) is 46.0 Å². The molecule has 0 radical (unpaired) electrons. The highest BCUT2D eigenvalue weighted by molar-refractivity contribution is 4.85. The molecule has 0 atom stereocenters. The third kappa shape index (κ3) is 2.48. The Morgan fingerprint density at radius 2 is 1.64 bits per heavy atom. The Hall–Kier alpha value is -0.0800. The van der Waals surface area contributed by atoms with Crippen molar-refractivity contribution in [3.63, 3.8) is 0 Å². The van der Waals surface area contributed by atoms with Crippen LogP contribution < -0.4 is 0 Å². The summed E-state index contributed by atoms with van der Waals surface area (Å²) in [5, 5.41) is 18.9. The average Bonchev–Trinajstić information content (AvgIpc) is 2.66. The van der Waals surface area contributed by atoms with Crippen LogP contribution in [0, 0.1) is 17.3 Å². The van der Waals surface area contributed by atoms with Gasteiger partial charge in [-0.25, -0.2) is 0 Å². The maximum Gasteiger partial charge on any atom is 0.0511 e. The Bertz CT molecular complexity index is 156. The van der Waals surface area contributed by atoms with E-state index in [9.17, 15) is 10.2 Å². The maximum absolute atomic E-state index is 9.45. The summed E-state index contributed by atoms with van der Waals surface area (Å²) in [6.07, 6.45) is 6.23. The molecule has 0 saturated heterocycles. The summed E-state index contributed by atoms with van der Waals surface area (Å²) in [6.45, 7) is 4.44. The van der Waals surface area contributed by atoms with Gasteiger partial charge < -0.3 is 10.2 Å². The standard InChI is InChI=1S/C12H24O2/c1-10(2)12(8-13,9-14)7-11-5-3-4-6-11/h10-11,13-14H,3-9H2,1-2H3. The van der Waals surface area contributed by atoms with Crippen LogP contribution in [-0.4, -0.2) is 23.4 Å². The Morgan fingerprint density at radius 3 is 2.00 bits per heavy atom. The van der Waals surface area contributed by atoms with E-state index in [2.05, 4.69) is 13.8 Å². The molecule has 1 aliphatic rings. The van der Waals surface area contributed by atoms with Gasteiger partial charge >= 0.3 is 0 Å². The van der Waals surface area contributed by atoms with Crippen LogP contribution in [0.4, 0.5) is 0 Å². The van der Waals surface area contributed by atoms with Gasteiger partial charge in [0.25, 0.3) is 0 Å². The quantitative estimate of drug-likeness (QED) is 0.714. The first-order valence-corrected chi connectivity index (χ1v) is 5.86. The fourth-order valence-electron chi connectivity index (χ4n) is 2.57. The van der Waals surface area contributed by atoms with E-state index in [-0.39, 0.29) is 18.6 Å². The molecule has 0 aliphatic heterocycles. The van der Waals surface area contributed by atoms with E-state index in [0.29, 0.717) is 5.92 Å². The molecule has 0 bridgehead atoms. The summed E-state index contributed by atoms with van der Waals surface area (Å²) in [6, 6.07) is 0. The number of hydrogen-bond acceptors (Lipinski definition) is 2. The number of rotatable bonds is 5. The van der Waals surface area contributed by atoms with Crippen LogP contribution in [-0.2, 0) is 0 Å². The first-order valence-electron chi connectivity index (χ1n) is 5.86. The first kappa shape index (κ1) is 12.0. The van der Waals surface area contributed by atoms with E-state index >= 15 is 0 Å². The van der Waals surface area contributed by atoms with Crippen LogP contribution in [0.1, 0.15) is 46.0 Å². The van der Waals surface area contributed by atoms with E-state index < -0.39 is 0 Å². The molecule has 1 aliphatic carbocycles. The van der Waals surface area contributed by atoms with Crippen LogP contribution in [0.15, 0.2) is 0 Å². The number of aliphatic hydroxyl groups excluding tert-OH is 2. The van der Waals surface area contributed by atoms with Crippen molar-refractivity contribution >= 4 is 0 Å². The molecular formula is C12H24O2. The molecule has 1 saturated carbocycles. The van der Waals surface area contributed by atoms with Crippen molar-refractivity contribution in [1.29, 1.82) is 0 Å². The van der Waals surface area contributed by atoms with Gasteiger partial charge in [-0.15, -0.1) is 0 Å². The topological polar surface area (TPSA) is 40.5 Å². The molecule has 1 fully saturated rings. The predicted octanol–water partition coefficient (Wildman–Crippen LogP) is 2.19. The second-order valence-electron chi connectivity index (χ2n) is 5.19. The van der Waals surface area contributed by atoms with Crippen molar-refractivity contribution in [2.24, 2.45) is 17.3 Å². The first-order chi connectivity index (χ1) is 6.64. The minimum atomic E-state index is -0.241. The summed E-state index contributed by atoms with van der Waals surface area (Å²) >= 11 is 0. The van der Waals surface area contributed by atoms with Crippen molar-refractivity contribution in [3.05, 3.63) is 0 Å². The van der Waals surface area contributed by atoms with E-state index in [1.54, 1.807) is 0 Å². The lowest BCUT2D eigenvalue weighted by molar-refractivity contribution is -0.00357. The lowest BCUT2D eigenvalue weighted by Crippen LogP contribution is -2.37. The number of aliphatic hydroxyl groups is 2. The highest BCUT2D eigenvalue weighted by Gasteiger charge is 2.35. The van der Waals surface area contributed by atoms with Gasteiger partial charge in [-0.2, -0.15) is 0 Å². The van der Waals surface area contributed by atoms with Crippen LogP contribution in [0.5, 0.6) is 0 Å². The van der Waals surface area contributed by atoms with Gasteiger partial charge in [0.05, 0.1) is 13.2 Å². The molecule has 0 unspecified atom stereocenters. The molecule has 0 spiro atoms. The Kier molecular flexibility index (Phi) is 4.39. The molecule has 14 heavy (non-hydrogen) atoms.